The molecule has 1 saturated heterocycles. The van der Waals surface area contributed by atoms with Gasteiger partial charge in [0, 0.05) is 44.7 Å². The summed E-state index contributed by atoms with van der Waals surface area (Å²) < 4.78 is 8.39. The maximum absolute atomic E-state index is 12.6. The highest BCUT2D eigenvalue weighted by Gasteiger charge is 2.19. The number of nitrogens with one attached hydrogen (secondary N) is 1. The summed E-state index contributed by atoms with van der Waals surface area (Å²) in [6.45, 7) is 3.77. The van der Waals surface area contributed by atoms with Crippen molar-refractivity contribution >= 4 is 28.3 Å². The summed E-state index contributed by atoms with van der Waals surface area (Å²) in [5, 5.41) is 4.99. The Morgan fingerprint density at radius 3 is 2.73 bits per heavy atom. The Kier molecular flexibility index (Phi) is 7.74. The summed E-state index contributed by atoms with van der Waals surface area (Å²) in [5.74, 6) is -0.278. The van der Waals surface area contributed by atoms with Crippen LogP contribution in [0, 0.1) is 0 Å². The number of ether oxygens (including phenoxy) is 1. The summed E-state index contributed by atoms with van der Waals surface area (Å²) in [6, 6.07) is 11.3. The quantitative estimate of drug-likeness (QED) is 0.362. The number of fused-ring (bicyclic) bond motifs is 1. The first-order valence-corrected chi connectivity index (χ1v) is 12.2. The zero-order valence-corrected chi connectivity index (χ0v) is 19.7. The molecule has 3 heterocycles. The van der Waals surface area contributed by atoms with Crippen molar-refractivity contribution in [1.82, 2.24) is 19.4 Å². The Morgan fingerprint density at radius 2 is 2.00 bits per heavy atom. The van der Waals surface area contributed by atoms with E-state index in [0.29, 0.717) is 17.6 Å². The fraction of sp³-hybridized carbons (Fsp3) is 0.458. The summed E-state index contributed by atoms with van der Waals surface area (Å²) in [5.41, 5.74) is -0.142. The van der Waals surface area contributed by atoms with Gasteiger partial charge in [-0.2, -0.15) is 0 Å². The molecule has 0 bridgehead atoms. The number of hydrogen-bond acceptors (Lipinski definition) is 6. The first kappa shape index (κ1) is 23.4. The van der Waals surface area contributed by atoms with E-state index in [1.165, 1.54) is 14.0 Å². The number of thiophene rings is 1. The van der Waals surface area contributed by atoms with Gasteiger partial charge in [-0.05, 0) is 42.8 Å². The lowest BCUT2D eigenvalue weighted by Crippen LogP contribution is -2.43. The molecule has 1 aliphatic rings. The molecule has 1 aliphatic heterocycles. The van der Waals surface area contributed by atoms with Gasteiger partial charge in [0.25, 0.3) is 0 Å². The van der Waals surface area contributed by atoms with Crippen molar-refractivity contribution in [3.05, 3.63) is 67.4 Å². The zero-order chi connectivity index (χ0) is 23.2. The first-order chi connectivity index (χ1) is 16.0. The average Bonchev–Trinajstić information content (AvgIpc) is 3.52. The van der Waals surface area contributed by atoms with Crippen LogP contribution in [0.2, 0.25) is 0 Å². The molecule has 1 N–H and O–H groups in total. The van der Waals surface area contributed by atoms with E-state index in [2.05, 4.69) is 27.7 Å². The van der Waals surface area contributed by atoms with E-state index in [1.54, 1.807) is 42.6 Å². The second kappa shape index (κ2) is 10.9. The highest BCUT2D eigenvalue weighted by molar-refractivity contribution is 7.09. The standard InChI is InChI=1S/C24H30N4O4S/c1-26-20-9-2-3-10-21(20)28(24(31)23(26)30)17-22(29)25-11-6-12-27(15-18-7-4-13-32-18)16-19-8-5-14-33-19/h2-3,5,8-10,14,18H,4,6-7,11-13,15-17H2,1H3,(H,25,29). The van der Waals surface area contributed by atoms with Crippen LogP contribution in [0.3, 0.4) is 0 Å². The van der Waals surface area contributed by atoms with Gasteiger partial charge in [-0.15, -0.1) is 11.3 Å². The van der Waals surface area contributed by atoms with Gasteiger partial charge < -0.3 is 14.6 Å². The minimum absolute atomic E-state index is 0.176. The third kappa shape index (κ3) is 5.79. The predicted molar refractivity (Wildman–Crippen MR) is 130 cm³/mol. The summed E-state index contributed by atoms with van der Waals surface area (Å²) in [7, 11) is 1.56. The lowest BCUT2D eigenvalue weighted by Gasteiger charge is -2.24. The van der Waals surface area contributed by atoms with Crippen molar-refractivity contribution in [2.45, 2.75) is 38.5 Å². The zero-order valence-electron chi connectivity index (χ0n) is 18.9. The molecule has 2 aromatic heterocycles. The van der Waals surface area contributed by atoms with Crippen molar-refractivity contribution < 1.29 is 9.53 Å². The number of amides is 1. The molecule has 1 amide bonds. The number of nitrogens with zero attached hydrogens (tertiary/aromatic N) is 3. The Bertz CT molecular complexity index is 1200. The van der Waals surface area contributed by atoms with Gasteiger partial charge in [-0.3, -0.25) is 23.9 Å². The Balaban J connectivity index is 1.33. The van der Waals surface area contributed by atoms with Crippen molar-refractivity contribution in [2.75, 3.05) is 26.2 Å². The molecule has 1 aromatic carbocycles. The number of benzene rings is 1. The number of para-hydroxylation sites is 2. The fourth-order valence-electron chi connectivity index (χ4n) is 4.27. The third-order valence-corrected chi connectivity index (χ3v) is 6.85. The maximum Gasteiger partial charge on any atom is 0.317 e. The fourth-order valence-corrected chi connectivity index (χ4v) is 5.02. The average molecular weight is 471 g/mol. The van der Waals surface area contributed by atoms with Crippen LogP contribution in [-0.2, 0) is 29.7 Å². The van der Waals surface area contributed by atoms with Gasteiger partial charge in [0.2, 0.25) is 5.91 Å². The molecule has 0 saturated carbocycles. The first-order valence-electron chi connectivity index (χ1n) is 11.3. The van der Waals surface area contributed by atoms with Crippen molar-refractivity contribution in [3.8, 4) is 0 Å². The molecule has 1 unspecified atom stereocenters. The van der Waals surface area contributed by atoms with E-state index in [0.717, 1.165) is 45.5 Å². The molecule has 1 fully saturated rings. The summed E-state index contributed by atoms with van der Waals surface area (Å²) in [6.07, 6.45) is 3.28. The number of rotatable bonds is 10. The van der Waals surface area contributed by atoms with Gasteiger partial charge in [0.05, 0.1) is 17.1 Å². The molecule has 33 heavy (non-hydrogen) atoms. The van der Waals surface area contributed by atoms with Crippen LogP contribution < -0.4 is 16.4 Å². The number of carbonyl (C=O) groups is 1. The molecule has 8 nitrogen and oxygen atoms in total. The Morgan fingerprint density at radius 1 is 1.18 bits per heavy atom. The molecule has 9 heteroatoms. The molecule has 1 atom stereocenters. The summed E-state index contributed by atoms with van der Waals surface area (Å²) >= 11 is 1.75. The monoisotopic (exact) mass is 470 g/mol. The van der Waals surface area contributed by atoms with Crippen LogP contribution in [0.1, 0.15) is 24.1 Å². The highest BCUT2D eigenvalue weighted by Crippen LogP contribution is 2.17. The van der Waals surface area contributed by atoms with Crippen LogP contribution in [0.15, 0.2) is 51.4 Å². The molecular formula is C24H30N4O4S. The third-order valence-electron chi connectivity index (χ3n) is 5.99. The minimum atomic E-state index is -0.690. The van der Waals surface area contributed by atoms with Crippen LogP contribution in [-0.4, -0.2) is 52.3 Å². The molecular weight excluding hydrogens is 440 g/mol. The van der Waals surface area contributed by atoms with Gasteiger partial charge in [-0.1, -0.05) is 18.2 Å². The lowest BCUT2D eigenvalue weighted by atomic mass is 10.2. The van der Waals surface area contributed by atoms with E-state index >= 15 is 0 Å². The van der Waals surface area contributed by atoms with Crippen LogP contribution in [0.4, 0.5) is 0 Å². The second-order valence-corrected chi connectivity index (χ2v) is 9.43. The van der Waals surface area contributed by atoms with E-state index in [4.69, 9.17) is 4.74 Å². The van der Waals surface area contributed by atoms with Crippen LogP contribution in [0.5, 0.6) is 0 Å². The van der Waals surface area contributed by atoms with Gasteiger partial charge in [-0.25, -0.2) is 0 Å². The van der Waals surface area contributed by atoms with Crippen molar-refractivity contribution in [3.63, 3.8) is 0 Å². The lowest BCUT2D eigenvalue weighted by molar-refractivity contribution is -0.121. The number of carbonyl (C=O) groups excluding carboxylic acids is 1. The number of aryl methyl sites for hydroxylation is 1. The van der Waals surface area contributed by atoms with E-state index in [9.17, 15) is 14.4 Å². The predicted octanol–water partition coefficient (Wildman–Crippen LogP) is 1.95. The largest absolute Gasteiger partial charge is 0.377 e. The van der Waals surface area contributed by atoms with Crippen LogP contribution in [0.25, 0.3) is 11.0 Å². The minimum Gasteiger partial charge on any atom is -0.377 e. The van der Waals surface area contributed by atoms with Gasteiger partial charge >= 0.3 is 11.1 Å². The van der Waals surface area contributed by atoms with Crippen LogP contribution >= 0.6 is 11.3 Å². The van der Waals surface area contributed by atoms with Gasteiger partial charge in [0.15, 0.2) is 0 Å². The molecule has 0 spiro atoms. The van der Waals surface area contributed by atoms with Gasteiger partial charge in [0.1, 0.15) is 6.54 Å². The maximum atomic E-state index is 12.6. The molecule has 176 valence electrons. The number of aromatic nitrogens is 2. The topological polar surface area (TPSA) is 85.6 Å². The smallest absolute Gasteiger partial charge is 0.317 e. The second-order valence-electron chi connectivity index (χ2n) is 8.40. The van der Waals surface area contributed by atoms with Crippen molar-refractivity contribution in [2.24, 2.45) is 7.05 Å². The SMILES string of the molecule is Cn1c(=O)c(=O)n(CC(=O)NCCCN(Cc2cccs2)CC2CCCO2)c2ccccc21. The molecule has 4 rings (SSSR count). The van der Waals surface area contributed by atoms with Crippen molar-refractivity contribution in [1.29, 1.82) is 0 Å². The normalized spacial score (nSPS) is 16.0. The van der Waals surface area contributed by atoms with E-state index in [1.807, 2.05) is 0 Å². The Hall–Kier alpha value is -2.75. The highest BCUT2D eigenvalue weighted by atomic mass is 32.1. The number of hydrogen-bond donors (Lipinski definition) is 1. The molecule has 0 radical (unpaired) electrons. The Labute approximate surface area is 196 Å². The summed E-state index contributed by atoms with van der Waals surface area (Å²) in [4.78, 5) is 41.1. The molecule has 0 aliphatic carbocycles. The van der Waals surface area contributed by atoms with E-state index < -0.39 is 11.1 Å². The molecule has 3 aromatic rings. The van der Waals surface area contributed by atoms with E-state index in [-0.39, 0.29) is 18.6 Å².